The molecule has 0 bridgehead atoms. The molecule has 0 aliphatic carbocycles. The molecule has 3 rings (SSSR count). The van der Waals surface area contributed by atoms with E-state index in [1.165, 1.54) is 0 Å². The maximum atomic E-state index is 12.7. The number of anilines is 2. The number of urea groups is 1. The molecule has 1 saturated heterocycles. The Labute approximate surface area is 165 Å². The van der Waals surface area contributed by atoms with Crippen molar-refractivity contribution in [1.82, 2.24) is 14.9 Å². The van der Waals surface area contributed by atoms with Crippen LogP contribution >= 0.6 is 0 Å². The van der Waals surface area contributed by atoms with Gasteiger partial charge in [-0.2, -0.15) is 4.98 Å². The molecule has 1 aromatic carbocycles. The van der Waals surface area contributed by atoms with Gasteiger partial charge in [0.15, 0.2) is 0 Å². The number of aryl methyl sites for hydroxylation is 1. The van der Waals surface area contributed by atoms with Gasteiger partial charge in [0.2, 0.25) is 5.88 Å². The first kappa shape index (κ1) is 19.7. The Kier molecular flexibility index (Phi) is 6.52. The van der Waals surface area contributed by atoms with Crippen LogP contribution in [0.15, 0.2) is 30.3 Å². The van der Waals surface area contributed by atoms with Crippen LogP contribution < -0.4 is 19.7 Å². The number of piperazine rings is 1. The lowest BCUT2D eigenvalue weighted by atomic mass is 10.3. The van der Waals surface area contributed by atoms with E-state index in [1.54, 1.807) is 4.90 Å². The smallest absolute Gasteiger partial charge is 0.322 e. The van der Waals surface area contributed by atoms with Crippen molar-refractivity contribution in [3.63, 3.8) is 0 Å². The van der Waals surface area contributed by atoms with Gasteiger partial charge in [0.05, 0.1) is 18.9 Å². The number of hydrogen-bond acceptors (Lipinski definition) is 6. The van der Waals surface area contributed by atoms with E-state index >= 15 is 0 Å². The van der Waals surface area contributed by atoms with Gasteiger partial charge >= 0.3 is 6.03 Å². The number of carbonyl (C=O) groups excluding carboxylic acids is 1. The van der Waals surface area contributed by atoms with Crippen molar-refractivity contribution in [2.24, 2.45) is 0 Å². The molecule has 1 N–H and O–H groups in total. The third-order valence-electron chi connectivity index (χ3n) is 4.41. The molecule has 1 aliphatic rings. The van der Waals surface area contributed by atoms with Crippen molar-refractivity contribution in [3.05, 3.63) is 36.2 Å². The Balaban J connectivity index is 1.60. The van der Waals surface area contributed by atoms with Crippen LogP contribution in [0.2, 0.25) is 0 Å². The van der Waals surface area contributed by atoms with E-state index in [0.29, 0.717) is 62.5 Å². The van der Waals surface area contributed by atoms with Crippen LogP contribution in [0.4, 0.5) is 16.3 Å². The first-order valence-corrected chi connectivity index (χ1v) is 9.62. The summed E-state index contributed by atoms with van der Waals surface area (Å²) in [5.74, 6) is 2.76. The van der Waals surface area contributed by atoms with Crippen molar-refractivity contribution in [2.45, 2.75) is 20.8 Å². The van der Waals surface area contributed by atoms with Crippen molar-refractivity contribution in [1.29, 1.82) is 0 Å². The predicted molar refractivity (Wildman–Crippen MR) is 108 cm³/mol. The van der Waals surface area contributed by atoms with Gasteiger partial charge in [-0.25, -0.2) is 9.78 Å². The second-order valence-electron chi connectivity index (χ2n) is 6.38. The summed E-state index contributed by atoms with van der Waals surface area (Å²) in [4.78, 5) is 25.4. The SMILES string of the molecule is CCOc1cc(N2CCN(C(=O)Nc3ccccc3OCC)CC2)nc(C)n1. The van der Waals surface area contributed by atoms with Crippen LogP contribution in [0.25, 0.3) is 0 Å². The Hall–Kier alpha value is -3.03. The zero-order chi connectivity index (χ0) is 19.9. The minimum absolute atomic E-state index is 0.124. The number of para-hydroxylation sites is 2. The van der Waals surface area contributed by atoms with Gasteiger partial charge in [0.25, 0.3) is 0 Å². The summed E-state index contributed by atoms with van der Waals surface area (Å²) in [6, 6.07) is 9.19. The third-order valence-corrected chi connectivity index (χ3v) is 4.41. The highest BCUT2D eigenvalue weighted by Crippen LogP contribution is 2.24. The minimum Gasteiger partial charge on any atom is -0.492 e. The standard InChI is InChI=1S/C20H27N5O3/c1-4-27-17-9-7-6-8-16(17)23-20(26)25-12-10-24(11-13-25)18-14-19(28-5-2)22-15(3)21-18/h6-9,14H,4-5,10-13H2,1-3H3,(H,23,26). The quantitative estimate of drug-likeness (QED) is 0.824. The summed E-state index contributed by atoms with van der Waals surface area (Å²) in [6.45, 7) is 9.42. The van der Waals surface area contributed by atoms with E-state index in [-0.39, 0.29) is 6.03 Å². The molecule has 1 fully saturated rings. The van der Waals surface area contributed by atoms with Crippen LogP contribution in [0.3, 0.4) is 0 Å². The molecule has 8 nitrogen and oxygen atoms in total. The van der Waals surface area contributed by atoms with Crippen LogP contribution in [0, 0.1) is 6.92 Å². The fraction of sp³-hybridized carbons (Fsp3) is 0.450. The maximum Gasteiger partial charge on any atom is 0.322 e. The van der Waals surface area contributed by atoms with Crippen LogP contribution in [-0.4, -0.2) is 60.3 Å². The predicted octanol–water partition coefficient (Wildman–Crippen LogP) is 2.94. The molecular weight excluding hydrogens is 358 g/mol. The van der Waals surface area contributed by atoms with E-state index < -0.39 is 0 Å². The zero-order valence-electron chi connectivity index (χ0n) is 16.6. The van der Waals surface area contributed by atoms with E-state index in [4.69, 9.17) is 9.47 Å². The lowest BCUT2D eigenvalue weighted by Gasteiger charge is -2.35. The fourth-order valence-corrected chi connectivity index (χ4v) is 3.09. The van der Waals surface area contributed by atoms with Gasteiger partial charge in [-0.15, -0.1) is 0 Å². The number of carbonyl (C=O) groups is 1. The lowest BCUT2D eigenvalue weighted by molar-refractivity contribution is 0.208. The second-order valence-corrected chi connectivity index (χ2v) is 6.38. The summed E-state index contributed by atoms with van der Waals surface area (Å²) < 4.78 is 11.1. The van der Waals surface area contributed by atoms with Crippen molar-refractivity contribution in [2.75, 3.05) is 49.6 Å². The Morgan fingerprint density at radius 2 is 1.79 bits per heavy atom. The third kappa shape index (κ3) is 4.82. The van der Waals surface area contributed by atoms with Gasteiger partial charge in [-0.1, -0.05) is 12.1 Å². The Morgan fingerprint density at radius 3 is 2.50 bits per heavy atom. The molecule has 1 aromatic heterocycles. The van der Waals surface area contributed by atoms with E-state index in [9.17, 15) is 4.79 Å². The molecule has 0 atom stereocenters. The van der Waals surface area contributed by atoms with Gasteiger partial charge in [0, 0.05) is 32.2 Å². The number of amides is 2. The Bertz CT molecular complexity index is 806. The molecule has 1 aliphatic heterocycles. The van der Waals surface area contributed by atoms with Gasteiger partial charge < -0.3 is 24.6 Å². The number of rotatable bonds is 6. The number of hydrogen-bond donors (Lipinski definition) is 1. The highest BCUT2D eigenvalue weighted by atomic mass is 16.5. The van der Waals surface area contributed by atoms with Gasteiger partial charge in [0.1, 0.15) is 17.4 Å². The van der Waals surface area contributed by atoms with Gasteiger partial charge in [-0.3, -0.25) is 0 Å². The van der Waals surface area contributed by atoms with Crippen molar-refractivity contribution < 1.29 is 14.3 Å². The normalized spacial score (nSPS) is 14.0. The van der Waals surface area contributed by atoms with Gasteiger partial charge in [-0.05, 0) is 32.9 Å². The molecule has 0 spiro atoms. The van der Waals surface area contributed by atoms with E-state index in [2.05, 4.69) is 20.2 Å². The maximum absolute atomic E-state index is 12.7. The largest absolute Gasteiger partial charge is 0.492 e. The molecule has 150 valence electrons. The summed E-state index contributed by atoms with van der Waals surface area (Å²) >= 11 is 0. The van der Waals surface area contributed by atoms with Crippen molar-refractivity contribution >= 4 is 17.5 Å². The van der Waals surface area contributed by atoms with Crippen molar-refractivity contribution in [3.8, 4) is 11.6 Å². The number of benzene rings is 1. The first-order valence-electron chi connectivity index (χ1n) is 9.62. The molecule has 0 unspecified atom stereocenters. The second kappa shape index (κ2) is 9.25. The van der Waals surface area contributed by atoms with Crippen LogP contribution in [-0.2, 0) is 0 Å². The van der Waals surface area contributed by atoms with E-state index in [0.717, 1.165) is 5.82 Å². The number of ether oxygens (including phenoxy) is 2. The average molecular weight is 385 g/mol. The highest BCUT2D eigenvalue weighted by Gasteiger charge is 2.23. The molecule has 0 radical (unpaired) electrons. The molecule has 8 heteroatoms. The molecule has 28 heavy (non-hydrogen) atoms. The molecule has 0 saturated carbocycles. The van der Waals surface area contributed by atoms with Crippen LogP contribution in [0.5, 0.6) is 11.6 Å². The summed E-state index contributed by atoms with van der Waals surface area (Å²) in [5, 5.41) is 2.95. The van der Waals surface area contributed by atoms with E-state index in [1.807, 2.05) is 51.1 Å². The topological polar surface area (TPSA) is 79.8 Å². The number of nitrogens with zero attached hydrogens (tertiary/aromatic N) is 4. The fourth-order valence-electron chi connectivity index (χ4n) is 3.09. The first-order chi connectivity index (χ1) is 13.6. The lowest BCUT2D eigenvalue weighted by Crippen LogP contribution is -2.50. The van der Waals surface area contributed by atoms with Crippen LogP contribution in [0.1, 0.15) is 19.7 Å². The Morgan fingerprint density at radius 1 is 1.07 bits per heavy atom. The number of nitrogens with one attached hydrogen (secondary N) is 1. The summed E-state index contributed by atoms with van der Waals surface area (Å²) in [6.07, 6.45) is 0. The average Bonchev–Trinajstić information content (AvgIpc) is 2.69. The molecule has 2 heterocycles. The molecule has 2 amide bonds. The summed E-state index contributed by atoms with van der Waals surface area (Å²) in [5.41, 5.74) is 0.685. The number of aromatic nitrogens is 2. The summed E-state index contributed by atoms with van der Waals surface area (Å²) in [7, 11) is 0. The monoisotopic (exact) mass is 385 g/mol. The minimum atomic E-state index is -0.124. The highest BCUT2D eigenvalue weighted by molar-refractivity contribution is 5.91. The zero-order valence-corrected chi connectivity index (χ0v) is 16.6. The molecule has 2 aromatic rings. The molecular formula is C20H27N5O3.